The van der Waals surface area contributed by atoms with Gasteiger partial charge in [0.2, 0.25) is 0 Å². The molecule has 2 aromatic rings. The molecule has 0 bridgehead atoms. The first-order chi connectivity index (χ1) is 9.99. The number of nitrogens with zero attached hydrogens (tertiary/aromatic N) is 2. The smallest absolute Gasteiger partial charge is 0.335 e. The van der Waals surface area contributed by atoms with Crippen molar-refractivity contribution in [1.82, 2.24) is 0 Å². The van der Waals surface area contributed by atoms with Gasteiger partial charge in [-0.1, -0.05) is 6.07 Å². The zero-order valence-corrected chi connectivity index (χ0v) is 12.2. The lowest BCUT2D eigenvalue weighted by Gasteiger charge is -2.19. The van der Waals surface area contributed by atoms with Gasteiger partial charge in [0, 0.05) is 24.5 Å². The third-order valence-electron chi connectivity index (χ3n) is 3.10. The number of benzene rings is 1. The SMILES string of the molecule is CN(CCc1cccs1)c1cc(C(=O)O)ccc1[N+](=O)[O-]. The quantitative estimate of drug-likeness (QED) is 0.655. The van der Waals surface area contributed by atoms with Gasteiger partial charge >= 0.3 is 5.97 Å². The van der Waals surface area contributed by atoms with E-state index >= 15 is 0 Å². The van der Waals surface area contributed by atoms with E-state index in [2.05, 4.69) is 0 Å². The summed E-state index contributed by atoms with van der Waals surface area (Å²) in [5.41, 5.74) is 0.267. The van der Waals surface area contributed by atoms with Crippen molar-refractivity contribution in [3.05, 3.63) is 56.3 Å². The molecule has 0 radical (unpaired) electrons. The van der Waals surface area contributed by atoms with Gasteiger partial charge in [0.05, 0.1) is 10.5 Å². The third-order valence-corrected chi connectivity index (χ3v) is 4.04. The number of likely N-dealkylation sites (N-methyl/N-ethyl adjacent to an activating group) is 1. The van der Waals surface area contributed by atoms with Gasteiger partial charge in [-0.3, -0.25) is 10.1 Å². The van der Waals surface area contributed by atoms with Crippen molar-refractivity contribution in [2.75, 3.05) is 18.5 Å². The molecule has 0 atom stereocenters. The molecular formula is C14H14N2O4S. The summed E-state index contributed by atoms with van der Waals surface area (Å²) >= 11 is 1.62. The minimum Gasteiger partial charge on any atom is -0.478 e. The zero-order valence-electron chi connectivity index (χ0n) is 11.4. The van der Waals surface area contributed by atoms with Gasteiger partial charge in [-0.05, 0) is 30.0 Å². The van der Waals surface area contributed by atoms with Gasteiger partial charge in [-0.25, -0.2) is 4.79 Å². The first-order valence-electron chi connectivity index (χ1n) is 6.24. The summed E-state index contributed by atoms with van der Waals surface area (Å²) < 4.78 is 0. The highest BCUT2D eigenvalue weighted by Crippen LogP contribution is 2.28. The van der Waals surface area contributed by atoms with Crippen molar-refractivity contribution < 1.29 is 14.8 Å². The Morgan fingerprint density at radius 1 is 1.43 bits per heavy atom. The number of nitro benzene ring substituents is 1. The van der Waals surface area contributed by atoms with Crippen molar-refractivity contribution >= 4 is 28.7 Å². The maximum absolute atomic E-state index is 11.1. The van der Waals surface area contributed by atoms with E-state index in [-0.39, 0.29) is 11.3 Å². The zero-order chi connectivity index (χ0) is 15.4. The summed E-state index contributed by atoms with van der Waals surface area (Å²) in [5.74, 6) is -1.10. The van der Waals surface area contributed by atoms with Gasteiger partial charge < -0.3 is 10.0 Å². The average molecular weight is 306 g/mol. The van der Waals surface area contributed by atoms with Crippen LogP contribution in [0.15, 0.2) is 35.7 Å². The van der Waals surface area contributed by atoms with Crippen LogP contribution in [-0.2, 0) is 6.42 Å². The van der Waals surface area contributed by atoms with Gasteiger partial charge in [0.15, 0.2) is 0 Å². The fraction of sp³-hybridized carbons (Fsp3) is 0.214. The van der Waals surface area contributed by atoms with E-state index in [1.54, 1.807) is 23.3 Å². The molecule has 0 amide bonds. The molecule has 2 rings (SSSR count). The summed E-state index contributed by atoms with van der Waals surface area (Å²) in [5, 5.41) is 22.1. The van der Waals surface area contributed by atoms with Crippen molar-refractivity contribution in [3.63, 3.8) is 0 Å². The van der Waals surface area contributed by atoms with E-state index in [1.165, 1.54) is 23.1 Å². The third kappa shape index (κ3) is 3.57. The van der Waals surface area contributed by atoms with Crippen LogP contribution in [0.2, 0.25) is 0 Å². The topological polar surface area (TPSA) is 83.7 Å². The number of hydrogen-bond acceptors (Lipinski definition) is 5. The number of thiophene rings is 1. The Labute approximate surface area is 125 Å². The molecule has 110 valence electrons. The van der Waals surface area contributed by atoms with Crippen LogP contribution in [0, 0.1) is 10.1 Å². The van der Waals surface area contributed by atoms with Crippen molar-refractivity contribution in [3.8, 4) is 0 Å². The molecule has 0 unspecified atom stereocenters. The molecule has 6 nitrogen and oxygen atoms in total. The van der Waals surface area contributed by atoms with E-state index in [4.69, 9.17) is 5.11 Å². The highest BCUT2D eigenvalue weighted by molar-refractivity contribution is 7.09. The molecule has 0 saturated carbocycles. The van der Waals surface area contributed by atoms with Crippen LogP contribution in [0.3, 0.4) is 0 Å². The number of carbonyl (C=O) groups is 1. The van der Waals surface area contributed by atoms with Crippen LogP contribution in [0.5, 0.6) is 0 Å². The second kappa shape index (κ2) is 6.36. The van der Waals surface area contributed by atoms with Crippen molar-refractivity contribution in [1.29, 1.82) is 0 Å². The fourth-order valence-corrected chi connectivity index (χ4v) is 2.67. The predicted octanol–water partition coefficient (Wildman–Crippen LogP) is 3.03. The molecule has 0 aliphatic rings. The van der Waals surface area contributed by atoms with Crippen LogP contribution in [0.4, 0.5) is 11.4 Å². The number of carboxylic acids is 1. The number of carboxylic acid groups (broad SMARTS) is 1. The van der Waals surface area contributed by atoms with E-state index in [0.29, 0.717) is 12.2 Å². The van der Waals surface area contributed by atoms with Crippen LogP contribution >= 0.6 is 11.3 Å². The highest BCUT2D eigenvalue weighted by atomic mass is 32.1. The van der Waals surface area contributed by atoms with Crippen molar-refractivity contribution in [2.45, 2.75) is 6.42 Å². The second-order valence-corrected chi connectivity index (χ2v) is 5.55. The first kappa shape index (κ1) is 15.0. The molecule has 1 aromatic heterocycles. The van der Waals surface area contributed by atoms with E-state index < -0.39 is 10.9 Å². The highest BCUT2D eigenvalue weighted by Gasteiger charge is 2.19. The average Bonchev–Trinajstić information content (AvgIpc) is 2.97. The van der Waals surface area contributed by atoms with Crippen LogP contribution in [-0.4, -0.2) is 29.6 Å². The lowest BCUT2D eigenvalue weighted by molar-refractivity contribution is -0.384. The molecule has 1 aromatic carbocycles. The number of aromatic carboxylic acids is 1. The van der Waals surface area contributed by atoms with Gasteiger partial charge in [0.1, 0.15) is 5.69 Å². The molecule has 1 N–H and O–H groups in total. The predicted molar refractivity (Wildman–Crippen MR) is 81.3 cm³/mol. The Hall–Kier alpha value is -2.41. The standard InChI is InChI=1S/C14H14N2O4S/c1-15(7-6-11-3-2-8-21-11)13-9-10(14(17)18)4-5-12(13)16(19)20/h2-5,8-9H,6-7H2,1H3,(H,17,18). The Balaban J connectivity index is 2.24. The monoisotopic (exact) mass is 306 g/mol. The van der Waals surface area contributed by atoms with Gasteiger partial charge in [-0.15, -0.1) is 11.3 Å². The molecule has 0 spiro atoms. The molecule has 0 aliphatic heterocycles. The number of nitro groups is 1. The molecule has 0 fully saturated rings. The summed E-state index contributed by atoms with van der Waals surface area (Å²) in [6, 6.07) is 7.78. The minimum absolute atomic E-state index is 0.0403. The lowest BCUT2D eigenvalue weighted by Crippen LogP contribution is -2.21. The van der Waals surface area contributed by atoms with E-state index in [0.717, 1.165) is 6.42 Å². The molecule has 7 heteroatoms. The molecule has 21 heavy (non-hydrogen) atoms. The second-order valence-electron chi connectivity index (χ2n) is 4.52. The minimum atomic E-state index is -1.10. The summed E-state index contributed by atoms with van der Waals surface area (Å²) in [4.78, 5) is 24.5. The number of rotatable bonds is 6. The summed E-state index contributed by atoms with van der Waals surface area (Å²) in [6.45, 7) is 0.574. The Morgan fingerprint density at radius 2 is 2.19 bits per heavy atom. The Morgan fingerprint density at radius 3 is 2.76 bits per heavy atom. The maximum Gasteiger partial charge on any atom is 0.335 e. The summed E-state index contributed by atoms with van der Waals surface area (Å²) in [6.07, 6.45) is 0.753. The van der Waals surface area contributed by atoms with Crippen LogP contribution in [0.1, 0.15) is 15.2 Å². The molecule has 1 heterocycles. The Kier molecular flexibility index (Phi) is 4.54. The van der Waals surface area contributed by atoms with Crippen LogP contribution in [0.25, 0.3) is 0 Å². The number of hydrogen-bond donors (Lipinski definition) is 1. The van der Waals surface area contributed by atoms with E-state index in [1.807, 2.05) is 17.5 Å². The number of anilines is 1. The largest absolute Gasteiger partial charge is 0.478 e. The maximum atomic E-state index is 11.1. The molecule has 0 aliphatic carbocycles. The fourth-order valence-electron chi connectivity index (χ4n) is 1.97. The first-order valence-corrected chi connectivity index (χ1v) is 7.12. The van der Waals surface area contributed by atoms with Crippen molar-refractivity contribution in [2.24, 2.45) is 0 Å². The Bertz CT molecular complexity index is 655. The summed E-state index contributed by atoms with van der Waals surface area (Å²) in [7, 11) is 1.72. The van der Waals surface area contributed by atoms with Gasteiger partial charge in [-0.2, -0.15) is 0 Å². The van der Waals surface area contributed by atoms with E-state index in [9.17, 15) is 14.9 Å². The van der Waals surface area contributed by atoms with Gasteiger partial charge in [0.25, 0.3) is 5.69 Å². The van der Waals surface area contributed by atoms with Crippen LogP contribution < -0.4 is 4.90 Å². The normalized spacial score (nSPS) is 10.3. The lowest BCUT2D eigenvalue weighted by atomic mass is 10.1. The molecule has 0 saturated heterocycles. The molecular weight excluding hydrogens is 292 g/mol.